The quantitative estimate of drug-likeness (QED) is 0.837. The summed E-state index contributed by atoms with van der Waals surface area (Å²) in [7, 11) is 0. The fourth-order valence-corrected chi connectivity index (χ4v) is 2.87. The molecule has 0 saturated carbocycles. The van der Waals surface area contributed by atoms with Crippen molar-refractivity contribution in [3.63, 3.8) is 0 Å². The van der Waals surface area contributed by atoms with Gasteiger partial charge in [0.25, 0.3) is 0 Å². The second kappa shape index (κ2) is 8.36. The van der Waals surface area contributed by atoms with Gasteiger partial charge in [-0.2, -0.15) is 10.5 Å². The van der Waals surface area contributed by atoms with Gasteiger partial charge in [-0.3, -0.25) is 0 Å². The van der Waals surface area contributed by atoms with E-state index in [1.807, 2.05) is 12.3 Å². The molecule has 116 valence electrons. The van der Waals surface area contributed by atoms with E-state index in [-0.39, 0.29) is 5.92 Å². The van der Waals surface area contributed by atoms with Crippen LogP contribution in [-0.2, 0) is 0 Å². The summed E-state index contributed by atoms with van der Waals surface area (Å²) >= 11 is 0. The lowest BCUT2D eigenvalue weighted by Crippen LogP contribution is -2.28. The number of nitrogens with one attached hydrogen (secondary N) is 1. The van der Waals surface area contributed by atoms with Gasteiger partial charge in [0.2, 0.25) is 0 Å². The van der Waals surface area contributed by atoms with E-state index in [0.717, 1.165) is 38.4 Å². The van der Waals surface area contributed by atoms with Crippen LogP contribution >= 0.6 is 0 Å². The highest BCUT2D eigenvalue weighted by Gasteiger charge is 2.24. The predicted octanol–water partition coefficient (Wildman–Crippen LogP) is 2.57. The van der Waals surface area contributed by atoms with E-state index in [1.165, 1.54) is 5.56 Å². The lowest BCUT2D eigenvalue weighted by atomic mass is 10.1. The number of aryl methyl sites for hydroxylation is 1. The first-order valence-corrected chi connectivity index (χ1v) is 7.86. The number of likely N-dealkylation sites (tertiary alicyclic amines) is 1. The van der Waals surface area contributed by atoms with E-state index < -0.39 is 0 Å². The third-order valence-corrected chi connectivity index (χ3v) is 4.12. The molecule has 5 heteroatoms. The molecule has 1 fully saturated rings. The van der Waals surface area contributed by atoms with E-state index in [0.29, 0.717) is 18.8 Å². The van der Waals surface area contributed by atoms with Gasteiger partial charge in [0, 0.05) is 32.3 Å². The van der Waals surface area contributed by atoms with Crippen LogP contribution in [0, 0.1) is 41.4 Å². The molecule has 1 aliphatic heterocycles. The SMILES string of the molecule is Cc1ccnc(NC[C@@H]2CCN(C[C@@H](C#N)CCC#N)C2)c1. The summed E-state index contributed by atoms with van der Waals surface area (Å²) in [5, 5.41) is 21.2. The molecule has 0 amide bonds. The molecule has 1 saturated heterocycles. The second-order valence-electron chi connectivity index (χ2n) is 6.04. The lowest BCUT2D eigenvalue weighted by Gasteiger charge is -2.19. The fraction of sp³-hybridized carbons (Fsp3) is 0.588. The van der Waals surface area contributed by atoms with Crippen molar-refractivity contribution in [2.24, 2.45) is 11.8 Å². The van der Waals surface area contributed by atoms with Gasteiger partial charge in [-0.1, -0.05) is 0 Å². The van der Waals surface area contributed by atoms with Crippen molar-refractivity contribution in [2.45, 2.75) is 26.2 Å². The maximum atomic E-state index is 9.15. The zero-order valence-corrected chi connectivity index (χ0v) is 13.1. The number of hydrogen-bond donors (Lipinski definition) is 1. The zero-order valence-electron chi connectivity index (χ0n) is 13.1. The minimum atomic E-state index is -0.0233. The predicted molar refractivity (Wildman–Crippen MR) is 86.0 cm³/mol. The van der Waals surface area contributed by atoms with Crippen molar-refractivity contribution in [1.29, 1.82) is 10.5 Å². The summed E-state index contributed by atoms with van der Waals surface area (Å²) in [5.41, 5.74) is 1.21. The van der Waals surface area contributed by atoms with Crippen molar-refractivity contribution in [2.75, 3.05) is 31.5 Å². The Morgan fingerprint density at radius 3 is 3.09 bits per heavy atom. The third-order valence-electron chi connectivity index (χ3n) is 4.12. The Hall–Kier alpha value is -2.11. The van der Waals surface area contributed by atoms with Crippen LogP contribution < -0.4 is 5.32 Å². The Balaban J connectivity index is 1.73. The first kappa shape index (κ1) is 16.3. The highest BCUT2D eigenvalue weighted by molar-refractivity contribution is 5.36. The van der Waals surface area contributed by atoms with Crippen molar-refractivity contribution < 1.29 is 0 Å². The van der Waals surface area contributed by atoms with Crippen LogP contribution in [0.15, 0.2) is 18.3 Å². The summed E-state index contributed by atoms with van der Waals surface area (Å²) in [6, 6.07) is 8.49. The number of nitriles is 2. The first-order chi connectivity index (χ1) is 10.7. The Morgan fingerprint density at radius 2 is 2.36 bits per heavy atom. The van der Waals surface area contributed by atoms with Gasteiger partial charge >= 0.3 is 0 Å². The molecule has 22 heavy (non-hydrogen) atoms. The third kappa shape index (κ3) is 5.02. The minimum Gasteiger partial charge on any atom is -0.370 e. The van der Waals surface area contributed by atoms with E-state index in [4.69, 9.17) is 10.5 Å². The van der Waals surface area contributed by atoms with E-state index in [9.17, 15) is 0 Å². The smallest absolute Gasteiger partial charge is 0.126 e. The summed E-state index contributed by atoms with van der Waals surface area (Å²) in [6.07, 6.45) is 4.12. The number of nitrogens with zero attached hydrogens (tertiary/aromatic N) is 4. The summed E-state index contributed by atoms with van der Waals surface area (Å²) in [6.45, 7) is 5.83. The molecule has 0 spiro atoms. The van der Waals surface area contributed by atoms with Crippen molar-refractivity contribution in [3.05, 3.63) is 23.9 Å². The number of rotatable bonds is 7. The standard InChI is InChI=1S/C17H23N5/c1-14-4-7-20-17(9-14)21-11-16-5-8-22(13-16)12-15(10-19)3-2-6-18/h4,7,9,15-16H,2-3,5,8,11-13H2,1H3,(H,20,21)/t15-,16+/m1/s1. The van der Waals surface area contributed by atoms with Crippen LogP contribution in [0.2, 0.25) is 0 Å². The van der Waals surface area contributed by atoms with Crippen LogP contribution in [0.3, 0.4) is 0 Å². The van der Waals surface area contributed by atoms with Crippen LogP contribution in [0.4, 0.5) is 5.82 Å². The number of hydrogen-bond acceptors (Lipinski definition) is 5. The first-order valence-electron chi connectivity index (χ1n) is 7.86. The van der Waals surface area contributed by atoms with Gasteiger partial charge < -0.3 is 10.2 Å². The maximum absolute atomic E-state index is 9.15. The van der Waals surface area contributed by atoms with Crippen LogP contribution in [-0.4, -0.2) is 36.1 Å². The molecule has 1 aromatic rings. The number of anilines is 1. The second-order valence-corrected chi connectivity index (χ2v) is 6.04. The molecular formula is C17H23N5. The zero-order chi connectivity index (χ0) is 15.8. The Morgan fingerprint density at radius 1 is 1.50 bits per heavy atom. The van der Waals surface area contributed by atoms with Gasteiger partial charge in [0.05, 0.1) is 18.1 Å². The Labute approximate surface area is 132 Å². The van der Waals surface area contributed by atoms with Gasteiger partial charge in [-0.15, -0.1) is 0 Å². The minimum absolute atomic E-state index is 0.0233. The van der Waals surface area contributed by atoms with Gasteiger partial charge in [-0.05, 0) is 49.9 Å². The van der Waals surface area contributed by atoms with Gasteiger partial charge in [0.1, 0.15) is 5.82 Å². The molecule has 0 unspecified atom stereocenters. The highest BCUT2D eigenvalue weighted by Crippen LogP contribution is 2.19. The molecule has 5 nitrogen and oxygen atoms in total. The largest absolute Gasteiger partial charge is 0.370 e. The van der Waals surface area contributed by atoms with E-state index in [2.05, 4.69) is 40.3 Å². The van der Waals surface area contributed by atoms with Gasteiger partial charge in [0.15, 0.2) is 0 Å². The number of aromatic nitrogens is 1. The highest BCUT2D eigenvalue weighted by atomic mass is 15.2. The molecule has 0 radical (unpaired) electrons. The molecular weight excluding hydrogens is 274 g/mol. The summed E-state index contributed by atoms with van der Waals surface area (Å²) in [4.78, 5) is 6.67. The normalized spacial score (nSPS) is 19.3. The summed E-state index contributed by atoms with van der Waals surface area (Å²) in [5.74, 6) is 1.50. The van der Waals surface area contributed by atoms with Crippen LogP contribution in [0.25, 0.3) is 0 Å². The van der Waals surface area contributed by atoms with Crippen LogP contribution in [0.5, 0.6) is 0 Å². The van der Waals surface area contributed by atoms with E-state index >= 15 is 0 Å². The average Bonchev–Trinajstić information content (AvgIpc) is 2.97. The fourth-order valence-electron chi connectivity index (χ4n) is 2.87. The molecule has 0 bridgehead atoms. The van der Waals surface area contributed by atoms with Crippen molar-refractivity contribution in [1.82, 2.24) is 9.88 Å². The molecule has 2 rings (SSSR count). The molecule has 1 N–H and O–H groups in total. The van der Waals surface area contributed by atoms with Crippen LogP contribution in [0.1, 0.15) is 24.8 Å². The Kier molecular flexibility index (Phi) is 6.18. The summed E-state index contributed by atoms with van der Waals surface area (Å²) < 4.78 is 0. The lowest BCUT2D eigenvalue weighted by molar-refractivity contribution is 0.290. The molecule has 0 aromatic carbocycles. The molecule has 2 heterocycles. The molecule has 1 aliphatic rings. The van der Waals surface area contributed by atoms with Crippen molar-refractivity contribution >= 4 is 5.82 Å². The van der Waals surface area contributed by atoms with E-state index in [1.54, 1.807) is 0 Å². The monoisotopic (exact) mass is 297 g/mol. The molecule has 0 aliphatic carbocycles. The topological polar surface area (TPSA) is 75.7 Å². The number of pyridine rings is 1. The molecule has 1 aromatic heterocycles. The average molecular weight is 297 g/mol. The van der Waals surface area contributed by atoms with Crippen molar-refractivity contribution in [3.8, 4) is 12.1 Å². The molecule has 2 atom stereocenters. The Bertz CT molecular complexity index is 557. The maximum Gasteiger partial charge on any atom is 0.126 e. The van der Waals surface area contributed by atoms with Gasteiger partial charge in [-0.25, -0.2) is 4.98 Å².